The summed E-state index contributed by atoms with van der Waals surface area (Å²) in [5.74, 6) is -0.318. The number of nitrogens with zero attached hydrogens (tertiary/aromatic N) is 2. The van der Waals surface area contributed by atoms with E-state index in [1.54, 1.807) is 0 Å². The summed E-state index contributed by atoms with van der Waals surface area (Å²) in [6, 6.07) is 0. The van der Waals surface area contributed by atoms with Crippen LogP contribution in [0.15, 0.2) is 0 Å². The standard InChI is InChI=1S/C13H21N3O3S/c1-10-11(12(17)18-2)20-13(15-10)14-4-3-5-16-6-8-19-9-7-16/h3-9H2,1-2H3,(H,14,15). The van der Waals surface area contributed by atoms with E-state index in [-0.39, 0.29) is 5.97 Å². The fourth-order valence-electron chi connectivity index (χ4n) is 2.08. The van der Waals surface area contributed by atoms with Gasteiger partial charge in [0.05, 0.1) is 26.0 Å². The van der Waals surface area contributed by atoms with Crippen LogP contribution in [0.5, 0.6) is 0 Å². The van der Waals surface area contributed by atoms with Gasteiger partial charge < -0.3 is 14.8 Å². The number of carbonyl (C=O) groups is 1. The topological polar surface area (TPSA) is 63.7 Å². The third kappa shape index (κ3) is 4.16. The zero-order valence-corrected chi connectivity index (χ0v) is 12.8. The Morgan fingerprint density at radius 3 is 2.95 bits per heavy atom. The average molecular weight is 299 g/mol. The van der Waals surface area contributed by atoms with Crippen LogP contribution in [-0.2, 0) is 9.47 Å². The lowest BCUT2D eigenvalue weighted by atomic mass is 10.3. The number of anilines is 1. The van der Waals surface area contributed by atoms with Crippen LogP contribution in [0.4, 0.5) is 5.13 Å². The third-order valence-electron chi connectivity index (χ3n) is 3.20. The first kappa shape index (κ1) is 15.2. The molecule has 1 aromatic heterocycles. The van der Waals surface area contributed by atoms with Crippen molar-refractivity contribution in [1.29, 1.82) is 0 Å². The molecule has 0 saturated carbocycles. The number of aromatic nitrogens is 1. The number of hydrogen-bond acceptors (Lipinski definition) is 7. The van der Waals surface area contributed by atoms with Gasteiger partial charge >= 0.3 is 5.97 Å². The summed E-state index contributed by atoms with van der Waals surface area (Å²) >= 11 is 1.35. The van der Waals surface area contributed by atoms with Crippen molar-refractivity contribution in [1.82, 2.24) is 9.88 Å². The van der Waals surface area contributed by atoms with Crippen LogP contribution in [0.3, 0.4) is 0 Å². The SMILES string of the molecule is COC(=O)c1sc(NCCCN2CCOCC2)nc1C. The molecule has 0 spiro atoms. The Labute approximate surface area is 123 Å². The van der Waals surface area contributed by atoms with Gasteiger partial charge in [0.25, 0.3) is 0 Å². The van der Waals surface area contributed by atoms with Crippen LogP contribution in [0.2, 0.25) is 0 Å². The molecule has 1 aromatic rings. The lowest BCUT2D eigenvalue weighted by Crippen LogP contribution is -2.37. The van der Waals surface area contributed by atoms with E-state index in [0.29, 0.717) is 4.88 Å². The minimum atomic E-state index is -0.318. The largest absolute Gasteiger partial charge is 0.465 e. The molecule has 0 aliphatic carbocycles. The van der Waals surface area contributed by atoms with Crippen LogP contribution < -0.4 is 5.32 Å². The van der Waals surface area contributed by atoms with Crippen molar-refractivity contribution >= 4 is 22.4 Å². The highest BCUT2D eigenvalue weighted by atomic mass is 32.1. The van der Waals surface area contributed by atoms with E-state index in [0.717, 1.165) is 56.6 Å². The minimum Gasteiger partial charge on any atom is -0.465 e. The van der Waals surface area contributed by atoms with E-state index >= 15 is 0 Å². The molecule has 7 heteroatoms. The number of rotatable bonds is 6. The van der Waals surface area contributed by atoms with Crippen molar-refractivity contribution in [2.45, 2.75) is 13.3 Å². The number of aryl methyl sites for hydroxylation is 1. The van der Waals surface area contributed by atoms with Crippen LogP contribution >= 0.6 is 11.3 Å². The zero-order chi connectivity index (χ0) is 14.4. The molecule has 2 heterocycles. The smallest absolute Gasteiger partial charge is 0.350 e. The molecule has 1 N–H and O–H groups in total. The second-order valence-corrected chi connectivity index (χ2v) is 5.66. The molecule has 20 heavy (non-hydrogen) atoms. The highest BCUT2D eigenvalue weighted by Gasteiger charge is 2.15. The van der Waals surface area contributed by atoms with Gasteiger partial charge in [-0.05, 0) is 19.9 Å². The second kappa shape index (κ2) is 7.56. The summed E-state index contributed by atoms with van der Waals surface area (Å²) in [5, 5.41) is 4.05. The van der Waals surface area contributed by atoms with E-state index in [2.05, 4.69) is 15.2 Å². The van der Waals surface area contributed by atoms with Crippen LogP contribution in [0.25, 0.3) is 0 Å². The molecule has 1 aliphatic rings. The van der Waals surface area contributed by atoms with Gasteiger partial charge in [0.1, 0.15) is 4.88 Å². The number of thiazole rings is 1. The molecule has 1 saturated heterocycles. The molecular formula is C13H21N3O3S. The number of methoxy groups -OCH3 is 1. The maximum Gasteiger partial charge on any atom is 0.350 e. The lowest BCUT2D eigenvalue weighted by Gasteiger charge is -2.26. The quantitative estimate of drug-likeness (QED) is 0.632. The first-order chi connectivity index (χ1) is 9.70. The van der Waals surface area contributed by atoms with Crippen molar-refractivity contribution in [3.05, 3.63) is 10.6 Å². The van der Waals surface area contributed by atoms with E-state index in [1.165, 1.54) is 18.4 Å². The molecule has 2 rings (SSSR count). The molecule has 0 bridgehead atoms. The molecular weight excluding hydrogens is 278 g/mol. The van der Waals surface area contributed by atoms with E-state index < -0.39 is 0 Å². The van der Waals surface area contributed by atoms with Crippen LogP contribution in [0.1, 0.15) is 21.8 Å². The first-order valence-corrected chi connectivity index (χ1v) is 7.62. The van der Waals surface area contributed by atoms with Gasteiger partial charge in [0.2, 0.25) is 0 Å². The maximum atomic E-state index is 11.5. The second-order valence-electron chi connectivity index (χ2n) is 4.66. The summed E-state index contributed by atoms with van der Waals surface area (Å²) < 4.78 is 10.0. The van der Waals surface area contributed by atoms with Crippen molar-refractivity contribution < 1.29 is 14.3 Å². The van der Waals surface area contributed by atoms with Crippen molar-refractivity contribution in [3.8, 4) is 0 Å². The number of ether oxygens (including phenoxy) is 2. The number of carbonyl (C=O) groups excluding carboxylic acids is 1. The molecule has 1 aliphatic heterocycles. The summed E-state index contributed by atoms with van der Waals surface area (Å²) in [4.78, 5) is 18.8. The third-order valence-corrected chi connectivity index (χ3v) is 4.29. The highest BCUT2D eigenvalue weighted by molar-refractivity contribution is 7.17. The summed E-state index contributed by atoms with van der Waals surface area (Å²) in [7, 11) is 1.39. The zero-order valence-electron chi connectivity index (χ0n) is 12.0. The Kier molecular flexibility index (Phi) is 5.75. The Morgan fingerprint density at radius 1 is 1.50 bits per heavy atom. The number of morpholine rings is 1. The van der Waals surface area contributed by atoms with Crippen molar-refractivity contribution in [3.63, 3.8) is 0 Å². The van der Waals surface area contributed by atoms with Gasteiger partial charge in [-0.1, -0.05) is 11.3 Å². The Balaban J connectivity index is 1.72. The highest BCUT2D eigenvalue weighted by Crippen LogP contribution is 2.23. The maximum absolute atomic E-state index is 11.5. The molecule has 1 fully saturated rings. The minimum absolute atomic E-state index is 0.318. The van der Waals surface area contributed by atoms with E-state index in [4.69, 9.17) is 9.47 Å². The predicted molar refractivity (Wildman–Crippen MR) is 78.6 cm³/mol. The number of nitrogens with one attached hydrogen (secondary N) is 1. The molecule has 0 aromatic carbocycles. The fourth-order valence-corrected chi connectivity index (χ4v) is 2.99. The summed E-state index contributed by atoms with van der Waals surface area (Å²) in [6.07, 6.45) is 1.05. The Hall–Kier alpha value is -1.18. The van der Waals surface area contributed by atoms with Gasteiger partial charge in [-0.3, -0.25) is 4.90 Å². The van der Waals surface area contributed by atoms with Gasteiger partial charge in [0.15, 0.2) is 5.13 Å². The normalized spacial score (nSPS) is 16.1. The van der Waals surface area contributed by atoms with Crippen LogP contribution in [-0.4, -0.2) is 62.4 Å². The summed E-state index contributed by atoms with van der Waals surface area (Å²) in [5.41, 5.74) is 0.720. The van der Waals surface area contributed by atoms with Crippen LogP contribution in [0, 0.1) is 6.92 Å². The Bertz CT molecular complexity index is 444. The van der Waals surface area contributed by atoms with Crippen molar-refractivity contribution in [2.75, 3.05) is 51.8 Å². The van der Waals surface area contributed by atoms with Crippen molar-refractivity contribution in [2.24, 2.45) is 0 Å². The fraction of sp³-hybridized carbons (Fsp3) is 0.692. The molecule has 0 amide bonds. The van der Waals surface area contributed by atoms with Gasteiger partial charge in [-0.2, -0.15) is 0 Å². The van der Waals surface area contributed by atoms with E-state index in [1.807, 2.05) is 6.92 Å². The monoisotopic (exact) mass is 299 g/mol. The van der Waals surface area contributed by atoms with Gasteiger partial charge in [-0.15, -0.1) is 0 Å². The first-order valence-electron chi connectivity index (χ1n) is 6.80. The summed E-state index contributed by atoms with van der Waals surface area (Å²) in [6.45, 7) is 7.44. The number of esters is 1. The molecule has 6 nitrogen and oxygen atoms in total. The predicted octanol–water partition coefficient (Wildman–Crippen LogP) is 1.37. The van der Waals surface area contributed by atoms with E-state index in [9.17, 15) is 4.79 Å². The lowest BCUT2D eigenvalue weighted by molar-refractivity contribution is 0.0378. The molecule has 0 atom stereocenters. The Morgan fingerprint density at radius 2 is 2.25 bits per heavy atom. The molecule has 0 radical (unpaired) electrons. The molecule has 0 unspecified atom stereocenters. The van der Waals surface area contributed by atoms with Gasteiger partial charge in [0, 0.05) is 19.6 Å². The van der Waals surface area contributed by atoms with Gasteiger partial charge in [-0.25, -0.2) is 9.78 Å². The number of hydrogen-bond donors (Lipinski definition) is 1. The average Bonchev–Trinajstić information content (AvgIpc) is 2.85. The molecule has 112 valence electrons.